The van der Waals surface area contributed by atoms with E-state index in [2.05, 4.69) is 34.6 Å². The minimum atomic E-state index is -1.33. The van der Waals surface area contributed by atoms with Gasteiger partial charge in [-0.3, -0.25) is 0 Å². The molecule has 0 bridgehead atoms. The molecule has 0 spiro atoms. The molecule has 0 atom stereocenters. The molecule has 0 aromatic heterocycles. The first-order valence-electron chi connectivity index (χ1n) is 4.37. The summed E-state index contributed by atoms with van der Waals surface area (Å²) in [4.78, 5) is 0. The molecule has 0 unspecified atom stereocenters. The van der Waals surface area contributed by atoms with Crippen LogP contribution in [0.3, 0.4) is 0 Å². The third-order valence-corrected chi connectivity index (χ3v) is 3.54. The van der Waals surface area contributed by atoms with Gasteiger partial charge >= 0.3 is 9.28 Å². The summed E-state index contributed by atoms with van der Waals surface area (Å²) in [6.45, 7) is 10.3. The van der Waals surface area contributed by atoms with Gasteiger partial charge in [0.25, 0.3) is 0 Å². The van der Waals surface area contributed by atoms with Crippen LogP contribution in [0.25, 0.3) is 0 Å². The molecule has 0 amide bonds. The quantitative estimate of drug-likeness (QED) is 0.597. The standard InChI is InChI=1S/C8H20O2Si/c1-6-11(9-7(2)3)10-8(4)5/h7-8,11H,6H2,1-5H3. The largest absolute Gasteiger partial charge is 0.394 e. The maximum Gasteiger partial charge on any atom is 0.321 e. The SMILES string of the molecule is CC[SiH](OC(C)C)OC(C)C. The van der Waals surface area contributed by atoms with E-state index in [1.54, 1.807) is 0 Å². The van der Waals surface area contributed by atoms with E-state index in [0.717, 1.165) is 6.04 Å². The topological polar surface area (TPSA) is 18.5 Å². The van der Waals surface area contributed by atoms with Crippen molar-refractivity contribution in [3.05, 3.63) is 0 Å². The molecule has 11 heavy (non-hydrogen) atoms. The Morgan fingerprint density at radius 3 is 1.55 bits per heavy atom. The highest BCUT2D eigenvalue weighted by Gasteiger charge is 2.13. The Morgan fingerprint density at radius 1 is 1.00 bits per heavy atom. The highest BCUT2D eigenvalue weighted by molar-refractivity contribution is 6.44. The van der Waals surface area contributed by atoms with Gasteiger partial charge in [0.1, 0.15) is 0 Å². The fourth-order valence-electron chi connectivity index (χ4n) is 0.832. The Labute approximate surface area is 71.7 Å². The van der Waals surface area contributed by atoms with Gasteiger partial charge in [0, 0.05) is 12.2 Å². The van der Waals surface area contributed by atoms with E-state index in [-0.39, 0.29) is 0 Å². The van der Waals surface area contributed by atoms with E-state index < -0.39 is 9.28 Å². The summed E-state index contributed by atoms with van der Waals surface area (Å²) in [7, 11) is -1.33. The van der Waals surface area contributed by atoms with Gasteiger partial charge in [-0.25, -0.2) is 0 Å². The van der Waals surface area contributed by atoms with Gasteiger partial charge in [-0.1, -0.05) is 6.92 Å². The summed E-state index contributed by atoms with van der Waals surface area (Å²) >= 11 is 0. The van der Waals surface area contributed by atoms with E-state index in [0.29, 0.717) is 12.2 Å². The number of hydrogen-bond donors (Lipinski definition) is 0. The number of hydrogen-bond acceptors (Lipinski definition) is 2. The first-order chi connectivity index (χ1) is 5.06. The average Bonchev–Trinajstić information content (AvgIpc) is 1.84. The lowest BCUT2D eigenvalue weighted by Gasteiger charge is -2.19. The van der Waals surface area contributed by atoms with Crippen molar-refractivity contribution in [2.75, 3.05) is 0 Å². The molecule has 0 aliphatic heterocycles. The first kappa shape index (κ1) is 11.1. The minimum Gasteiger partial charge on any atom is -0.394 e. The van der Waals surface area contributed by atoms with E-state index in [9.17, 15) is 0 Å². The van der Waals surface area contributed by atoms with Crippen LogP contribution in [0, 0.1) is 0 Å². The fourth-order valence-corrected chi connectivity index (χ4v) is 2.49. The Hall–Kier alpha value is 0.137. The van der Waals surface area contributed by atoms with Gasteiger partial charge in [-0.2, -0.15) is 0 Å². The van der Waals surface area contributed by atoms with Gasteiger partial charge in [-0.15, -0.1) is 0 Å². The molecule has 0 heterocycles. The smallest absolute Gasteiger partial charge is 0.321 e. The summed E-state index contributed by atoms with van der Waals surface area (Å²) in [6, 6.07) is 1.05. The molecule has 0 saturated heterocycles. The zero-order valence-corrected chi connectivity index (χ0v) is 9.41. The Bertz CT molecular complexity index is 84.1. The monoisotopic (exact) mass is 176 g/mol. The van der Waals surface area contributed by atoms with Crippen LogP contribution in [-0.2, 0) is 8.85 Å². The van der Waals surface area contributed by atoms with Gasteiger partial charge in [-0.05, 0) is 33.7 Å². The second-order valence-corrected chi connectivity index (χ2v) is 5.43. The lowest BCUT2D eigenvalue weighted by molar-refractivity contribution is 0.130. The molecule has 0 fully saturated rings. The van der Waals surface area contributed by atoms with Crippen LogP contribution in [0.2, 0.25) is 6.04 Å². The van der Waals surface area contributed by atoms with E-state index in [1.807, 2.05) is 0 Å². The van der Waals surface area contributed by atoms with E-state index in [1.165, 1.54) is 0 Å². The summed E-state index contributed by atoms with van der Waals surface area (Å²) in [5, 5.41) is 0. The maximum absolute atomic E-state index is 5.63. The molecular weight excluding hydrogens is 156 g/mol. The molecule has 2 nitrogen and oxygen atoms in total. The second-order valence-electron chi connectivity index (χ2n) is 3.21. The van der Waals surface area contributed by atoms with Crippen molar-refractivity contribution in [1.29, 1.82) is 0 Å². The third kappa shape index (κ3) is 6.53. The lowest BCUT2D eigenvalue weighted by Crippen LogP contribution is -2.28. The van der Waals surface area contributed by atoms with Crippen LogP contribution in [-0.4, -0.2) is 21.5 Å². The normalized spacial score (nSPS) is 12.0. The van der Waals surface area contributed by atoms with Crippen molar-refractivity contribution < 1.29 is 8.85 Å². The molecule has 0 N–H and O–H groups in total. The van der Waals surface area contributed by atoms with E-state index >= 15 is 0 Å². The van der Waals surface area contributed by atoms with Crippen LogP contribution in [0.15, 0.2) is 0 Å². The lowest BCUT2D eigenvalue weighted by atomic mass is 10.5. The summed E-state index contributed by atoms with van der Waals surface area (Å²) in [6.07, 6.45) is 0.621. The van der Waals surface area contributed by atoms with Gasteiger partial charge in [0.15, 0.2) is 0 Å². The molecule has 3 heteroatoms. The third-order valence-electron chi connectivity index (χ3n) is 1.18. The molecule has 0 aliphatic rings. The Balaban J connectivity index is 3.58. The second kappa shape index (κ2) is 5.74. The van der Waals surface area contributed by atoms with Crippen LogP contribution in [0.1, 0.15) is 34.6 Å². The van der Waals surface area contributed by atoms with Crippen molar-refractivity contribution in [2.24, 2.45) is 0 Å². The van der Waals surface area contributed by atoms with Crippen molar-refractivity contribution >= 4 is 9.28 Å². The maximum atomic E-state index is 5.63. The van der Waals surface area contributed by atoms with Crippen LogP contribution < -0.4 is 0 Å². The number of rotatable bonds is 5. The molecule has 0 radical (unpaired) electrons. The predicted octanol–water partition coefficient (Wildman–Crippen LogP) is 2.08. The molecule has 68 valence electrons. The summed E-state index contributed by atoms with van der Waals surface area (Å²) < 4.78 is 11.3. The molecule has 0 rings (SSSR count). The average molecular weight is 176 g/mol. The van der Waals surface area contributed by atoms with Crippen molar-refractivity contribution in [3.8, 4) is 0 Å². The Kier molecular flexibility index (Phi) is 5.82. The molecule has 0 aromatic rings. The minimum absolute atomic E-state index is 0.311. The summed E-state index contributed by atoms with van der Waals surface area (Å²) in [5.41, 5.74) is 0. The summed E-state index contributed by atoms with van der Waals surface area (Å²) in [5.74, 6) is 0. The zero-order valence-electron chi connectivity index (χ0n) is 8.26. The molecular formula is C8H20O2Si. The van der Waals surface area contributed by atoms with Crippen LogP contribution in [0.4, 0.5) is 0 Å². The van der Waals surface area contributed by atoms with Gasteiger partial charge in [0.2, 0.25) is 0 Å². The fraction of sp³-hybridized carbons (Fsp3) is 1.00. The molecule has 0 saturated carbocycles. The highest BCUT2D eigenvalue weighted by atomic mass is 28.3. The van der Waals surface area contributed by atoms with Crippen molar-refractivity contribution in [2.45, 2.75) is 52.9 Å². The zero-order chi connectivity index (χ0) is 8.85. The van der Waals surface area contributed by atoms with Gasteiger partial charge < -0.3 is 8.85 Å². The van der Waals surface area contributed by atoms with Crippen LogP contribution >= 0.6 is 0 Å². The van der Waals surface area contributed by atoms with Crippen LogP contribution in [0.5, 0.6) is 0 Å². The molecule has 0 aliphatic carbocycles. The first-order valence-corrected chi connectivity index (χ1v) is 6.13. The van der Waals surface area contributed by atoms with E-state index in [4.69, 9.17) is 8.85 Å². The van der Waals surface area contributed by atoms with Crippen molar-refractivity contribution in [3.63, 3.8) is 0 Å². The Morgan fingerprint density at radius 2 is 1.36 bits per heavy atom. The predicted molar refractivity (Wildman–Crippen MR) is 50.1 cm³/mol. The van der Waals surface area contributed by atoms with Crippen molar-refractivity contribution in [1.82, 2.24) is 0 Å². The highest BCUT2D eigenvalue weighted by Crippen LogP contribution is 2.03. The molecule has 0 aromatic carbocycles. The van der Waals surface area contributed by atoms with Gasteiger partial charge in [0.05, 0.1) is 0 Å².